The maximum atomic E-state index is 10.3. The van der Waals surface area contributed by atoms with Crippen molar-refractivity contribution in [3.05, 3.63) is 30.3 Å². The third kappa shape index (κ3) is 32.8. The van der Waals surface area contributed by atoms with E-state index in [1.165, 1.54) is 222 Å². The van der Waals surface area contributed by atoms with Gasteiger partial charge in [0.05, 0.1) is 32.1 Å². The lowest BCUT2D eigenvalue weighted by atomic mass is 10.0. The SMILES string of the molecule is CCCCCCCCCCCCCCCC[N+](C)(C)CCCCCCCCCCCCCCCC.O=S(=O)([O-])c1ccccc1. The molecule has 0 atom stereocenters. The van der Waals surface area contributed by atoms with Crippen molar-refractivity contribution >= 4 is 10.1 Å². The van der Waals surface area contributed by atoms with Gasteiger partial charge in [-0.1, -0.05) is 186 Å². The van der Waals surface area contributed by atoms with Gasteiger partial charge in [-0.3, -0.25) is 0 Å². The summed E-state index contributed by atoms with van der Waals surface area (Å²) in [6, 6.07) is 7.19. The Morgan fingerprint density at radius 2 is 0.689 bits per heavy atom. The number of quaternary nitrogens is 1. The molecule has 4 nitrogen and oxygen atoms in total. The molecule has 0 aliphatic heterocycles. The summed E-state index contributed by atoms with van der Waals surface area (Å²) in [6.45, 7) is 7.38. The van der Waals surface area contributed by atoms with E-state index in [-0.39, 0.29) is 4.90 Å². The highest BCUT2D eigenvalue weighted by Gasteiger charge is 2.13. The number of hydrogen-bond acceptors (Lipinski definition) is 3. The van der Waals surface area contributed by atoms with Crippen molar-refractivity contribution in [2.45, 2.75) is 199 Å². The van der Waals surface area contributed by atoms with Crippen LogP contribution in [0.4, 0.5) is 0 Å². The Bertz CT molecular complexity index is 791. The van der Waals surface area contributed by atoms with Crippen LogP contribution in [-0.4, -0.2) is 44.6 Å². The van der Waals surface area contributed by atoms with Gasteiger partial charge in [0.2, 0.25) is 0 Å². The predicted octanol–water partition coefficient (Wildman–Crippen LogP) is 12.6. The van der Waals surface area contributed by atoms with Crippen LogP contribution in [0.2, 0.25) is 0 Å². The van der Waals surface area contributed by atoms with Crippen molar-refractivity contribution in [1.29, 1.82) is 0 Å². The summed E-state index contributed by atoms with van der Waals surface area (Å²) in [6.07, 6.45) is 40.9. The summed E-state index contributed by atoms with van der Waals surface area (Å²) in [7, 11) is 0.673. The number of benzene rings is 1. The molecule has 0 fully saturated rings. The van der Waals surface area contributed by atoms with Crippen LogP contribution in [-0.2, 0) is 10.1 Å². The second-order valence-corrected chi connectivity index (χ2v) is 15.7. The van der Waals surface area contributed by atoms with Crippen LogP contribution in [0.1, 0.15) is 194 Å². The summed E-state index contributed by atoms with van der Waals surface area (Å²) in [5.74, 6) is 0. The second kappa shape index (κ2) is 31.7. The summed E-state index contributed by atoms with van der Waals surface area (Å²) in [5, 5.41) is 0. The van der Waals surface area contributed by atoms with E-state index in [0.29, 0.717) is 0 Å². The molecule has 0 aliphatic carbocycles. The molecule has 0 spiro atoms. The summed E-state index contributed by atoms with van der Waals surface area (Å²) < 4.78 is 32.1. The molecular weight excluding hydrogens is 575 g/mol. The molecule has 1 aromatic carbocycles. The van der Waals surface area contributed by atoms with Gasteiger partial charge in [0.25, 0.3) is 0 Å². The number of unbranched alkanes of at least 4 members (excludes halogenated alkanes) is 26. The molecule has 0 N–H and O–H groups in total. The van der Waals surface area contributed by atoms with Gasteiger partial charge in [-0.25, -0.2) is 8.42 Å². The zero-order valence-electron chi connectivity index (χ0n) is 30.7. The van der Waals surface area contributed by atoms with Crippen LogP contribution in [0.15, 0.2) is 35.2 Å². The quantitative estimate of drug-likeness (QED) is 0.0456. The highest BCUT2D eigenvalue weighted by atomic mass is 32.2. The molecule has 0 saturated carbocycles. The number of hydrogen-bond donors (Lipinski definition) is 0. The third-order valence-electron chi connectivity index (χ3n) is 9.27. The standard InChI is InChI=1S/C34H72N.C6H6O3S/c1-5-7-9-11-13-15-17-19-21-23-25-27-29-31-33-35(3,4)34-32-30-28-26-24-22-20-18-16-14-12-10-8-6-2;7-10(8,9)6-4-2-1-3-5-6/h5-34H2,1-4H3;1-5H,(H,7,8,9)/q+1;/p-1. The largest absolute Gasteiger partial charge is 0.744 e. The smallest absolute Gasteiger partial charge is 0.124 e. The molecule has 45 heavy (non-hydrogen) atoms. The lowest BCUT2D eigenvalue weighted by Crippen LogP contribution is -2.41. The lowest BCUT2D eigenvalue weighted by molar-refractivity contribution is -0.890. The zero-order valence-corrected chi connectivity index (χ0v) is 31.5. The van der Waals surface area contributed by atoms with Crippen LogP contribution in [0.3, 0.4) is 0 Å². The van der Waals surface area contributed by atoms with Crippen molar-refractivity contribution < 1.29 is 17.5 Å². The Balaban J connectivity index is 0.00000162. The Morgan fingerprint density at radius 1 is 0.444 bits per heavy atom. The van der Waals surface area contributed by atoms with Gasteiger partial charge in [0.1, 0.15) is 10.1 Å². The Kier molecular flexibility index (Phi) is 31.0. The van der Waals surface area contributed by atoms with Crippen molar-refractivity contribution in [2.75, 3.05) is 27.2 Å². The minimum atomic E-state index is -4.25. The van der Waals surface area contributed by atoms with Gasteiger partial charge in [0, 0.05) is 0 Å². The minimum Gasteiger partial charge on any atom is -0.744 e. The van der Waals surface area contributed by atoms with Crippen molar-refractivity contribution in [3.63, 3.8) is 0 Å². The Hall–Kier alpha value is -0.910. The third-order valence-corrected chi connectivity index (χ3v) is 10.1. The fourth-order valence-corrected chi connectivity index (χ4v) is 6.66. The highest BCUT2D eigenvalue weighted by molar-refractivity contribution is 7.85. The fourth-order valence-electron chi connectivity index (χ4n) is 6.17. The van der Waals surface area contributed by atoms with Crippen LogP contribution < -0.4 is 0 Å². The van der Waals surface area contributed by atoms with Crippen molar-refractivity contribution in [3.8, 4) is 0 Å². The van der Waals surface area contributed by atoms with Crippen molar-refractivity contribution in [2.24, 2.45) is 0 Å². The van der Waals surface area contributed by atoms with E-state index in [4.69, 9.17) is 0 Å². The normalized spacial score (nSPS) is 11.8. The molecule has 0 aromatic heterocycles. The zero-order chi connectivity index (χ0) is 33.3. The van der Waals surface area contributed by atoms with Gasteiger partial charge in [-0.2, -0.15) is 0 Å². The summed E-state index contributed by atoms with van der Waals surface area (Å²) in [4.78, 5) is -0.185. The van der Waals surface area contributed by atoms with E-state index in [1.807, 2.05) is 0 Å². The topological polar surface area (TPSA) is 57.2 Å². The van der Waals surface area contributed by atoms with E-state index in [0.717, 1.165) is 0 Å². The van der Waals surface area contributed by atoms with E-state index in [9.17, 15) is 13.0 Å². The van der Waals surface area contributed by atoms with E-state index in [1.54, 1.807) is 6.07 Å². The first-order chi connectivity index (χ1) is 21.7. The molecule has 0 aliphatic rings. The molecule has 1 rings (SSSR count). The molecule has 1 aromatic rings. The Labute approximate surface area is 282 Å². The maximum absolute atomic E-state index is 10.3. The Morgan fingerprint density at radius 3 is 0.911 bits per heavy atom. The maximum Gasteiger partial charge on any atom is 0.124 e. The second-order valence-electron chi connectivity index (χ2n) is 14.3. The van der Waals surface area contributed by atoms with Gasteiger partial charge in [-0.05, 0) is 37.8 Å². The molecule has 0 amide bonds. The first-order valence-electron chi connectivity index (χ1n) is 19.6. The average molecular weight is 652 g/mol. The summed E-state index contributed by atoms with van der Waals surface area (Å²) in [5.41, 5.74) is 0. The number of rotatable bonds is 31. The molecule has 0 heterocycles. The summed E-state index contributed by atoms with van der Waals surface area (Å²) >= 11 is 0. The molecule has 0 unspecified atom stereocenters. The fraction of sp³-hybridized carbons (Fsp3) is 0.850. The molecule has 0 saturated heterocycles. The van der Waals surface area contributed by atoms with Crippen LogP contribution in [0.25, 0.3) is 0 Å². The molecule has 266 valence electrons. The van der Waals surface area contributed by atoms with Gasteiger partial charge < -0.3 is 9.04 Å². The van der Waals surface area contributed by atoms with E-state index in [2.05, 4.69) is 27.9 Å². The molecule has 0 bridgehead atoms. The highest BCUT2D eigenvalue weighted by Crippen LogP contribution is 2.16. The van der Waals surface area contributed by atoms with Crippen molar-refractivity contribution in [1.82, 2.24) is 0 Å². The minimum absolute atomic E-state index is 0.185. The van der Waals surface area contributed by atoms with Gasteiger partial charge in [-0.15, -0.1) is 0 Å². The average Bonchev–Trinajstić information content (AvgIpc) is 3.01. The molecular formula is C40H77NO3S. The van der Waals surface area contributed by atoms with E-state index >= 15 is 0 Å². The van der Waals surface area contributed by atoms with Gasteiger partial charge >= 0.3 is 0 Å². The van der Waals surface area contributed by atoms with Crippen LogP contribution >= 0.6 is 0 Å². The molecule has 0 radical (unpaired) electrons. The predicted molar refractivity (Wildman–Crippen MR) is 197 cm³/mol. The first kappa shape index (κ1) is 44.1. The first-order valence-corrected chi connectivity index (χ1v) is 21.0. The monoisotopic (exact) mass is 652 g/mol. The molecule has 5 heteroatoms. The lowest BCUT2D eigenvalue weighted by Gasteiger charge is -2.30. The van der Waals surface area contributed by atoms with E-state index < -0.39 is 10.1 Å². The number of nitrogens with zero attached hydrogens (tertiary/aromatic N) is 1. The van der Waals surface area contributed by atoms with Crippen LogP contribution in [0.5, 0.6) is 0 Å². The van der Waals surface area contributed by atoms with Crippen LogP contribution in [0, 0.1) is 0 Å². The van der Waals surface area contributed by atoms with Gasteiger partial charge in [0.15, 0.2) is 0 Å².